The van der Waals surface area contributed by atoms with Gasteiger partial charge in [0, 0.05) is 27.7 Å². The first-order valence-corrected chi connectivity index (χ1v) is 5.41. The number of nitrogens with one attached hydrogen (secondary N) is 1. The first-order chi connectivity index (χ1) is 8.40. The Hall–Kier alpha value is -2.08. The van der Waals surface area contributed by atoms with Gasteiger partial charge in [-0.15, -0.1) is 0 Å². The van der Waals surface area contributed by atoms with Gasteiger partial charge in [0.25, 0.3) is 0 Å². The van der Waals surface area contributed by atoms with Crippen LogP contribution >= 0.6 is 0 Å². The van der Waals surface area contributed by atoms with Crippen molar-refractivity contribution in [1.29, 1.82) is 0 Å². The van der Waals surface area contributed by atoms with Crippen LogP contribution in [0.4, 0.5) is 4.79 Å². The molecule has 0 bridgehead atoms. The van der Waals surface area contributed by atoms with Crippen molar-refractivity contribution >= 4 is 12.0 Å². The standard InChI is InChI=1S/C12H17N3O3/c1-14(2)13-12(18)15(3)8-9-4-6-10(7-5-9)11(16)17/h4-7H,8H2,1-3H3,(H,13,18)(H,16,17). The second kappa shape index (κ2) is 6.02. The first kappa shape index (κ1) is 14.0. The molecule has 98 valence electrons. The van der Waals surface area contributed by atoms with Crippen LogP contribution in [0.1, 0.15) is 15.9 Å². The smallest absolute Gasteiger partial charge is 0.335 e. The van der Waals surface area contributed by atoms with Crippen molar-refractivity contribution in [2.45, 2.75) is 6.54 Å². The van der Waals surface area contributed by atoms with Gasteiger partial charge in [0.1, 0.15) is 0 Å². The van der Waals surface area contributed by atoms with Crippen LogP contribution in [0.3, 0.4) is 0 Å². The molecule has 2 N–H and O–H groups in total. The zero-order valence-corrected chi connectivity index (χ0v) is 10.7. The summed E-state index contributed by atoms with van der Waals surface area (Å²) in [6, 6.07) is 6.22. The molecule has 0 radical (unpaired) electrons. The van der Waals surface area contributed by atoms with Crippen molar-refractivity contribution in [3.8, 4) is 0 Å². The number of rotatable bonds is 4. The highest BCUT2D eigenvalue weighted by molar-refractivity contribution is 5.87. The number of carboxylic acids is 1. The van der Waals surface area contributed by atoms with Gasteiger partial charge in [-0.2, -0.15) is 0 Å². The molecule has 0 heterocycles. The zero-order valence-electron chi connectivity index (χ0n) is 10.7. The van der Waals surface area contributed by atoms with E-state index in [2.05, 4.69) is 5.43 Å². The van der Waals surface area contributed by atoms with Crippen LogP contribution in [-0.4, -0.2) is 48.2 Å². The predicted octanol–water partition coefficient (Wildman–Crippen LogP) is 1.00. The lowest BCUT2D eigenvalue weighted by Crippen LogP contribution is -2.43. The fourth-order valence-corrected chi connectivity index (χ4v) is 1.38. The molecular formula is C12H17N3O3. The average Bonchev–Trinajstić information content (AvgIpc) is 2.28. The number of carboxylic acid groups (broad SMARTS) is 1. The van der Waals surface area contributed by atoms with Gasteiger partial charge in [-0.25, -0.2) is 14.6 Å². The van der Waals surface area contributed by atoms with E-state index in [0.29, 0.717) is 6.54 Å². The lowest BCUT2D eigenvalue weighted by Gasteiger charge is -2.20. The van der Waals surface area contributed by atoms with E-state index in [9.17, 15) is 9.59 Å². The maximum absolute atomic E-state index is 11.6. The number of hydrogen-bond acceptors (Lipinski definition) is 3. The Bertz CT molecular complexity index is 429. The van der Waals surface area contributed by atoms with Crippen LogP contribution in [0.15, 0.2) is 24.3 Å². The Balaban J connectivity index is 2.61. The number of benzene rings is 1. The highest BCUT2D eigenvalue weighted by Crippen LogP contribution is 2.07. The van der Waals surface area contributed by atoms with Gasteiger partial charge in [0.05, 0.1) is 5.56 Å². The number of nitrogens with zero attached hydrogens (tertiary/aromatic N) is 2. The fraction of sp³-hybridized carbons (Fsp3) is 0.333. The molecule has 0 atom stereocenters. The van der Waals surface area contributed by atoms with Gasteiger partial charge in [0.15, 0.2) is 0 Å². The summed E-state index contributed by atoms with van der Waals surface area (Å²) in [5.74, 6) is -0.958. The maximum Gasteiger partial charge on any atom is 0.335 e. The van der Waals surface area contributed by atoms with Crippen LogP contribution in [0.25, 0.3) is 0 Å². The summed E-state index contributed by atoms with van der Waals surface area (Å²) in [6.07, 6.45) is 0. The second-order valence-corrected chi connectivity index (χ2v) is 4.17. The van der Waals surface area contributed by atoms with Crippen LogP contribution in [0.5, 0.6) is 0 Å². The van der Waals surface area contributed by atoms with Crippen molar-refractivity contribution in [3.63, 3.8) is 0 Å². The summed E-state index contributed by atoms with van der Waals surface area (Å²) >= 11 is 0. The SMILES string of the molecule is CN(C)NC(=O)N(C)Cc1ccc(C(=O)O)cc1. The van der Waals surface area contributed by atoms with Gasteiger partial charge < -0.3 is 10.0 Å². The first-order valence-electron chi connectivity index (χ1n) is 5.41. The molecule has 6 nitrogen and oxygen atoms in total. The minimum Gasteiger partial charge on any atom is -0.478 e. The average molecular weight is 251 g/mol. The minimum atomic E-state index is -0.958. The lowest BCUT2D eigenvalue weighted by atomic mass is 10.1. The van der Waals surface area contributed by atoms with E-state index in [1.807, 2.05) is 0 Å². The van der Waals surface area contributed by atoms with Crippen LogP contribution < -0.4 is 5.43 Å². The summed E-state index contributed by atoms with van der Waals surface area (Å²) in [4.78, 5) is 23.8. The molecule has 6 heteroatoms. The molecular weight excluding hydrogens is 234 g/mol. The van der Waals surface area contributed by atoms with Crippen molar-refractivity contribution in [2.75, 3.05) is 21.1 Å². The van der Waals surface area contributed by atoms with Gasteiger partial charge in [-0.1, -0.05) is 12.1 Å². The molecule has 0 spiro atoms. The fourth-order valence-electron chi connectivity index (χ4n) is 1.38. The topological polar surface area (TPSA) is 72.9 Å². The molecule has 0 fully saturated rings. The van der Waals surface area contributed by atoms with E-state index in [-0.39, 0.29) is 11.6 Å². The van der Waals surface area contributed by atoms with E-state index < -0.39 is 5.97 Å². The van der Waals surface area contributed by atoms with E-state index in [1.165, 1.54) is 17.0 Å². The third-order valence-electron chi connectivity index (χ3n) is 2.29. The number of carbonyl (C=O) groups excluding carboxylic acids is 1. The van der Waals surface area contributed by atoms with Crippen molar-refractivity contribution in [1.82, 2.24) is 15.3 Å². The van der Waals surface area contributed by atoms with E-state index in [4.69, 9.17) is 5.11 Å². The number of aromatic carboxylic acids is 1. The summed E-state index contributed by atoms with van der Waals surface area (Å²) in [7, 11) is 5.13. The Kier molecular flexibility index (Phi) is 4.67. The molecule has 0 aliphatic carbocycles. The summed E-state index contributed by atoms with van der Waals surface area (Å²) in [6.45, 7) is 0.416. The zero-order chi connectivity index (χ0) is 13.7. The van der Waals surface area contributed by atoms with E-state index in [1.54, 1.807) is 38.3 Å². The molecule has 1 aromatic rings. The normalized spacial score (nSPS) is 10.2. The third kappa shape index (κ3) is 4.06. The maximum atomic E-state index is 11.6. The minimum absolute atomic E-state index is 0.220. The third-order valence-corrected chi connectivity index (χ3v) is 2.29. The Morgan fingerprint density at radius 2 is 1.72 bits per heavy atom. The number of carbonyl (C=O) groups is 2. The number of amides is 2. The molecule has 0 unspecified atom stereocenters. The number of hydrazine groups is 1. The van der Waals surface area contributed by atoms with Crippen LogP contribution in [0.2, 0.25) is 0 Å². The lowest BCUT2D eigenvalue weighted by molar-refractivity contribution is 0.0697. The molecule has 18 heavy (non-hydrogen) atoms. The van der Waals surface area contributed by atoms with Gasteiger partial charge in [-0.3, -0.25) is 5.43 Å². The summed E-state index contributed by atoms with van der Waals surface area (Å²) < 4.78 is 0. The Morgan fingerprint density at radius 3 is 2.17 bits per heavy atom. The molecule has 1 aromatic carbocycles. The van der Waals surface area contributed by atoms with Gasteiger partial charge in [-0.05, 0) is 17.7 Å². The van der Waals surface area contributed by atoms with Crippen molar-refractivity contribution < 1.29 is 14.7 Å². The van der Waals surface area contributed by atoms with E-state index >= 15 is 0 Å². The monoisotopic (exact) mass is 251 g/mol. The Labute approximate surface area is 106 Å². The van der Waals surface area contributed by atoms with E-state index in [0.717, 1.165) is 5.56 Å². The van der Waals surface area contributed by atoms with Gasteiger partial charge >= 0.3 is 12.0 Å². The second-order valence-electron chi connectivity index (χ2n) is 4.17. The van der Waals surface area contributed by atoms with Crippen molar-refractivity contribution in [2.24, 2.45) is 0 Å². The predicted molar refractivity (Wildman–Crippen MR) is 67.1 cm³/mol. The highest BCUT2D eigenvalue weighted by atomic mass is 16.4. The summed E-state index contributed by atoms with van der Waals surface area (Å²) in [5, 5.41) is 10.3. The van der Waals surface area contributed by atoms with Crippen LogP contribution in [-0.2, 0) is 6.54 Å². The number of hydrogen-bond donors (Lipinski definition) is 2. The molecule has 1 rings (SSSR count). The summed E-state index contributed by atoms with van der Waals surface area (Å²) in [5.41, 5.74) is 3.73. The van der Waals surface area contributed by atoms with Gasteiger partial charge in [0.2, 0.25) is 0 Å². The molecule has 2 amide bonds. The molecule has 0 saturated carbocycles. The molecule has 0 aromatic heterocycles. The molecule has 0 aliphatic heterocycles. The molecule has 0 aliphatic rings. The highest BCUT2D eigenvalue weighted by Gasteiger charge is 2.09. The molecule has 0 saturated heterocycles. The largest absolute Gasteiger partial charge is 0.478 e. The van der Waals surface area contributed by atoms with Crippen LogP contribution in [0, 0.1) is 0 Å². The van der Waals surface area contributed by atoms with Crippen molar-refractivity contribution in [3.05, 3.63) is 35.4 Å². The Morgan fingerprint density at radius 1 is 1.17 bits per heavy atom. The quantitative estimate of drug-likeness (QED) is 0.783. The number of urea groups is 1.